The minimum absolute atomic E-state index is 0.189. The number of carbonyl (C=O) groups is 1. The number of aromatic nitrogens is 3. The smallest absolute Gasteiger partial charge is 0.252 e. The van der Waals surface area contributed by atoms with E-state index in [1.165, 1.54) is 6.20 Å². The maximum Gasteiger partial charge on any atom is 0.252 e. The van der Waals surface area contributed by atoms with E-state index >= 15 is 0 Å². The number of primary amides is 1. The van der Waals surface area contributed by atoms with Crippen molar-refractivity contribution in [3.8, 4) is 0 Å². The van der Waals surface area contributed by atoms with Crippen LogP contribution < -0.4 is 11.1 Å². The van der Waals surface area contributed by atoms with Crippen LogP contribution in [0.4, 0.5) is 5.69 Å². The second kappa shape index (κ2) is 6.23. The number of anilines is 1. The molecular formula is C15H20N6O2. The molecule has 8 heteroatoms. The summed E-state index contributed by atoms with van der Waals surface area (Å²) in [6.45, 7) is 2.69. The van der Waals surface area contributed by atoms with E-state index in [9.17, 15) is 4.79 Å². The Hall–Kier alpha value is -2.64. The van der Waals surface area contributed by atoms with Crippen LogP contribution in [0.1, 0.15) is 43.0 Å². The predicted molar refractivity (Wildman–Crippen MR) is 86.8 cm³/mol. The molecule has 122 valence electrons. The Kier molecular flexibility index (Phi) is 4.14. The van der Waals surface area contributed by atoms with E-state index in [2.05, 4.69) is 20.6 Å². The molecule has 0 atom stereocenters. The molecular weight excluding hydrogens is 296 g/mol. The lowest BCUT2D eigenvalue weighted by Gasteiger charge is -2.25. The van der Waals surface area contributed by atoms with Crippen molar-refractivity contribution in [3.05, 3.63) is 18.0 Å². The Morgan fingerprint density at radius 2 is 2.22 bits per heavy atom. The van der Waals surface area contributed by atoms with Crippen molar-refractivity contribution in [1.29, 1.82) is 0 Å². The average Bonchev–Trinajstić information content (AvgIpc) is 2.99. The third-order valence-corrected chi connectivity index (χ3v) is 4.28. The van der Waals surface area contributed by atoms with Crippen LogP contribution in [0.25, 0.3) is 11.0 Å². The van der Waals surface area contributed by atoms with E-state index in [0.717, 1.165) is 42.4 Å². The Balaban J connectivity index is 1.96. The number of hydrogen-bond donors (Lipinski definition) is 3. The first kappa shape index (κ1) is 15.3. The lowest BCUT2D eigenvalue weighted by molar-refractivity contribution is 0.100. The first-order valence-corrected chi connectivity index (χ1v) is 7.74. The van der Waals surface area contributed by atoms with E-state index in [1.807, 2.05) is 6.92 Å². The molecule has 0 radical (unpaired) electrons. The van der Waals surface area contributed by atoms with Gasteiger partial charge in [0.25, 0.3) is 5.91 Å². The molecule has 8 nitrogen and oxygen atoms in total. The van der Waals surface area contributed by atoms with E-state index < -0.39 is 5.91 Å². The highest BCUT2D eigenvalue weighted by Crippen LogP contribution is 2.29. The molecule has 0 unspecified atom stereocenters. The molecule has 1 aliphatic carbocycles. The zero-order valence-electron chi connectivity index (χ0n) is 13.0. The summed E-state index contributed by atoms with van der Waals surface area (Å²) in [6.07, 6.45) is 6.37. The van der Waals surface area contributed by atoms with Crippen LogP contribution in [0, 0.1) is 0 Å². The maximum absolute atomic E-state index is 11.7. The summed E-state index contributed by atoms with van der Waals surface area (Å²) >= 11 is 0. The summed E-state index contributed by atoms with van der Waals surface area (Å²) in [5, 5.41) is 20.7. The van der Waals surface area contributed by atoms with Gasteiger partial charge in [-0.3, -0.25) is 4.79 Å². The fourth-order valence-corrected chi connectivity index (χ4v) is 3.00. The van der Waals surface area contributed by atoms with Crippen molar-refractivity contribution in [3.63, 3.8) is 0 Å². The molecule has 23 heavy (non-hydrogen) atoms. The number of aryl methyl sites for hydroxylation is 1. The SMILES string of the molecule is CCn1ncc2c(NC3CCC(=NO)CC3)c(C(N)=O)cnc21. The van der Waals surface area contributed by atoms with E-state index in [-0.39, 0.29) is 6.04 Å². The van der Waals surface area contributed by atoms with Gasteiger partial charge in [0.1, 0.15) is 0 Å². The van der Waals surface area contributed by atoms with Gasteiger partial charge < -0.3 is 16.3 Å². The molecule has 0 aromatic carbocycles. The predicted octanol–water partition coefficient (Wildman–Crippen LogP) is 1.73. The van der Waals surface area contributed by atoms with Crippen LogP contribution in [0.3, 0.4) is 0 Å². The monoisotopic (exact) mass is 316 g/mol. The summed E-state index contributed by atoms with van der Waals surface area (Å²) in [5.41, 5.74) is 8.10. The fraction of sp³-hybridized carbons (Fsp3) is 0.467. The third-order valence-electron chi connectivity index (χ3n) is 4.28. The Labute approximate surface area is 133 Å². The fourth-order valence-electron chi connectivity index (χ4n) is 3.00. The number of nitrogens with one attached hydrogen (secondary N) is 1. The highest BCUT2D eigenvalue weighted by Gasteiger charge is 2.22. The molecule has 2 aromatic heterocycles. The van der Waals surface area contributed by atoms with E-state index in [4.69, 9.17) is 10.9 Å². The number of nitrogens with zero attached hydrogens (tertiary/aromatic N) is 4. The average molecular weight is 316 g/mol. The van der Waals surface area contributed by atoms with Gasteiger partial charge in [-0.05, 0) is 32.6 Å². The second-order valence-electron chi connectivity index (χ2n) is 5.69. The van der Waals surface area contributed by atoms with Crippen molar-refractivity contribution < 1.29 is 10.0 Å². The summed E-state index contributed by atoms with van der Waals surface area (Å²) in [6, 6.07) is 0.189. The number of oxime groups is 1. The van der Waals surface area contributed by atoms with E-state index in [0.29, 0.717) is 17.8 Å². The molecule has 3 rings (SSSR count). The quantitative estimate of drug-likeness (QED) is 0.586. The van der Waals surface area contributed by atoms with Crippen LogP contribution in [0.2, 0.25) is 0 Å². The lowest BCUT2D eigenvalue weighted by atomic mass is 9.93. The summed E-state index contributed by atoms with van der Waals surface area (Å²) in [7, 11) is 0. The van der Waals surface area contributed by atoms with Gasteiger partial charge in [-0.2, -0.15) is 5.10 Å². The zero-order valence-corrected chi connectivity index (χ0v) is 13.0. The number of amides is 1. The van der Waals surface area contributed by atoms with Crippen LogP contribution in [-0.4, -0.2) is 37.6 Å². The molecule has 2 heterocycles. The Morgan fingerprint density at radius 3 is 2.83 bits per heavy atom. The summed E-state index contributed by atoms with van der Waals surface area (Å²) in [4.78, 5) is 16.1. The zero-order chi connectivity index (χ0) is 16.4. The van der Waals surface area contributed by atoms with Crippen molar-refractivity contribution in [2.45, 2.75) is 45.2 Å². The van der Waals surface area contributed by atoms with Crippen molar-refractivity contribution in [2.24, 2.45) is 10.9 Å². The molecule has 0 bridgehead atoms. The standard InChI is InChI=1S/C15H20N6O2/c1-2-21-15-12(8-18-21)13(11(7-17-15)14(16)22)19-9-3-5-10(20-23)6-4-9/h7-9,23H,2-6H2,1H3,(H2,16,22)(H,17,19). The topological polar surface area (TPSA) is 118 Å². The van der Waals surface area contributed by atoms with E-state index in [1.54, 1.807) is 10.9 Å². The highest BCUT2D eigenvalue weighted by molar-refractivity contribution is 6.05. The number of fused-ring (bicyclic) bond motifs is 1. The van der Waals surface area contributed by atoms with Crippen LogP contribution in [0.5, 0.6) is 0 Å². The molecule has 1 saturated carbocycles. The molecule has 0 saturated heterocycles. The molecule has 1 aliphatic rings. The summed E-state index contributed by atoms with van der Waals surface area (Å²) in [5.74, 6) is -0.514. The molecule has 1 fully saturated rings. The number of nitrogens with two attached hydrogens (primary N) is 1. The normalized spacial score (nSPS) is 18.1. The van der Waals surface area contributed by atoms with Crippen LogP contribution in [-0.2, 0) is 6.54 Å². The van der Waals surface area contributed by atoms with Gasteiger partial charge >= 0.3 is 0 Å². The molecule has 2 aromatic rings. The number of pyridine rings is 1. The van der Waals surface area contributed by atoms with Gasteiger partial charge in [0.2, 0.25) is 0 Å². The Bertz CT molecular complexity index is 757. The summed E-state index contributed by atoms with van der Waals surface area (Å²) < 4.78 is 1.78. The van der Waals surface area contributed by atoms with Gasteiger partial charge in [0.15, 0.2) is 5.65 Å². The lowest BCUT2D eigenvalue weighted by Crippen LogP contribution is -2.28. The molecule has 4 N–H and O–H groups in total. The largest absolute Gasteiger partial charge is 0.411 e. The third kappa shape index (κ3) is 2.84. The first-order valence-electron chi connectivity index (χ1n) is 7.74. The minimum atomic E-state index is -0.514. The molecule has 1 amide bonds. The Morgan fingerprint density at radius 1 is 1.48 bits per heavy atom. The van der Waals surface area contributed by atoms with Crippen molar-refractivity contribution in [1.82, 2.24) is 14.8 Å². The van der Waals surface area contributed by atoms with Crippen LogP contribution in [0.15, 0.2) is 17.5 Å². The van der Waals surface area contributed by atoms with Crippen LogP contribution >= 0.6 is 0 Å². The number of hydrogen-bond acceptors (Lipinski definition) is 6. The first-order chi connectivity index (χ1) is 11.1. The highest BCUT2D eigenvalue weighted by atomic mass is 16.4. The number of carbonyl (C=O) groups excluding carboxylic acids is 1. The van der Waals surface area contributed by atoms with Gasteiger partial charge in [0.05, 0.1) is 28.5 Å². The van der Waals surface area contributed by atoms with Gasteiger partial charge in [-0.15, -0.1) is 0 Å². The van der Waals surface area contributed by atoms with Gasteiger partial charge in [-0.25, -0.2) is 9.67 Å². The minimum Gasteiger partial charge on any atom is -0.411 e. The molecule has 0 spiro atoms. The van der Waals surface area contributed by atoms with Gasteiger partial charge in [0, 0.05) is 18.8 Å². The van der Waals surface area contributed by atoms with Crippen molar-refractivity contribution in [2.75, 3.05) is 5.32 Å². The molecule has 0 aliphatic heterocycles. The second-order valence-corrected chi connectivity index (χ2v) is 5.69. The van der Waals surface area contributed by atoms with Gasteiger partial charge in [-0.1, -0.05) is 5.16 Å². The number of rotatable bonds is 4. The maximum atomic E-state index is 11.7. The van der Waals surface area contributed by atoms with Crippen molar-refractivity contribution >= 4 is 28.3 Å².